The average molecular weight is 488 g/mol. The molecule has 5 rings (SSSR count). The van der Waals surface area contributed by atoms with Crippen LogP contribution in [0.15, 0.2) is 71.7 Å². The number of carbonyl (C=O) groups excluding carboxylic acids is 1. The molecule has 8 heteroatoms. The largest absolute Gasteiger partial charge is 0.497 e. The van der Waals surface area contributed by atoms with E-state index in [0.29, 0.717) is 13.1 Å². The van der Waals surface area contributed by atoms with Crippen LogP contribution in [0.1, 0.15) is 18.4 Å². The lowest BCUT2D eigenvalue weighted by Crippen LogP contribution is -2.52. The van der Waals surface area contributed by atoms with Gasteiger partial charge in [0.1, 0.15) is 5.75 Å². The van der Waals surface area contributed by atoms with Crippen LogP contribution in [0.3, 0.4) is 0 Å². The summed E-state index contributed by atoms with van der Waals surface area (Å²) in [6.45, 7) is 4.98. The Labute approximate surface area is 211 Å². The van der Waals surface area contributed by atoms with Gasteiger partial charge in [0, 0.05) is 51.0 Å². The third-order valence-corrected chi connectivity index (χ3v) is 7.20. The smallest absolute Gasteiger partial charge is 0.269 e. The second-order valence-corrected chi connectivity index (χ2v) is 9.49. The van der Waals surface area contributed by atoms with E-state index < -0.39 is 0 Å². The number of aromatic nitrogens is 2. The highest BCUT2D eigenvalue weighted by molar-refractivity contribution is 5.80. The first-order chi connectivity index (χ1) is 17.6. The van der Waals surface area contributed by atoms with Gasteiger partial charge in [-0.2, -0.15) is 5.10 Å². The van der Waals surface area contributed by atoms with E-state index >= 15 is 0 Å². The van der Waals surface area contributed by atoms with Crippen LogP contribution in [0.2, 0.25) is 0 Å². The summed E-state index contributed by atoms with van der Waals surface area (Å²) in [5, 5.41) is 4.41. The SMILES string of the molecule is COc1ccc(N2CCN(C(=O)[C@@H]3CCCN(c4cnn(Cc5ccccc5)c(=O)c4)C3)CC2)cc1. The molecular formula is C28H33N5O3. The van der Waals surface area contributed by atoms with Gasteiger partial charge in [-0.15, -0.1) is 0 Å². The number of hydrogen-bond acceptors (Lipinski definition) is 6. The third-order valence-electron chi connectivity index (χ3n) is 7.20. The van der Waals surface area contributed by atoms with Crippen LogP contribution in [0, 0.1) is 5.92 Å². The van der Waals surface area contributed by atoms with Crippen molar-refractivity contribution in [3.8, 4) is 5.75 Å². The molecule has 188 valence electrons. The number of methoxy groups -OCH3 is 1. The van der Waals surface area contributed by atoms with Gasteiger partial charge in [0.05, 0.1) is 31.5 Å². The molecule has 2 aliphatic rings. The van der Waals surface area contributed by atoms with Crippen molar-refractivity contribution in [3.05, 3.63) is 82.8 Å². The summed E-state index contributed by atoms with van der Waals surface area (Å²) in [5.41, 5.74) is 2.86. The average Bonchev–Trinajstić information content (AvgIpc) is 2.94. The van der Waals surface area contributed by atoms with Gasteiger partial charge in [-0.1, -0.05) is 30.3 Å². The Bertz CT molecular complexity index is 1220. The number of nitrogens with zero attached hydrogens (tertiary/aromatic N) is 5. The number of hydrogen-bond donors (Lipinski definition) is 0. The molecule has 0 aliphatic carbocycles. The van der Waals surface area contributed by atoms with Gasteiger partial charge in [0.2, 0.25) is 5.91 Å². The number of amides is 1. The second kappa shape index (κ2) is 10.8. The molecule has 2 fully saturated rings. The molecule has 0 unspecified atom stereocenters. The molecule has 1 amide bonds. The van der Waals surface area contributed by atoms with Gasteiger partial charge in [-0.05, 0) is 42.7 Å². The first-order valence-electron chi connectivity index (χ1n) is 12.6. The van der Waals surface area contributed by atoms with Crippen molar-refractivity contribution in [3.63, 3.8) is 0 Å². The van der Waals surface area contributed by atoms with Gasteiger partial charge >= 0.3 is 0 Å². The van der Waals surface area contributed by atoms with E-state index in [9.17, 15) is 9.59 Å². The molecule has 36 heavy (non-hydrogen) atoms. The zero-order chi connectivity index (χ0) is 24.9. The molecule has 0 radical (unpaired) electrons. The van der Waals surface area contributed by atoms with E-state index in [-0.39, 0.29) is 17.4 Å². The highest BCUT2D eigenvalue weighted by atomic mass is 16.5. The predicted molar refractivity (Wildman–Crippen MR) is 141 cm³/mol. The number of piperazine rings is 1. The minimum Gasteiger partial charge on any atom is -0.497 e. The topological polar surface area (TPSA) is 70.9 Å². The molecule has 1 atom stereocenters. The fraction of sp³-hybridized carbons (Fsp3) is 0.393. The maximum atomic E-state index is 13.4. The Kier molecular flexibility index (Phi) is 7.21. The predicted octanol–water partition coefficient (Wildman–Crippen LogP) is 2.87. The van der Waals surface area contributed by atoms with Crippen molar-refractivity contribution in [2.45, 2.75) is 19.4 Å². The van der Waals surface area contributed by atoms with Crippen LogP contribution >= 0.6 is 0 Å². The highest BCUT2D eigenvalue weighted by Gasteiger charge is 2.31. The van der Waals surface area contributed by atoms with Crippen LogP contribution in [0.4, 0.5) is 11.4 Å². The van der Waals surface area contributed by atoms with Gasteiger partial charge in [0.25, 0.3) is 5.56 Å². The van der Waals surface area contributed by atoms with E-state index in [4.69, 9.17) is 4.74 Å². The van der Waals surface area contributed by atoms with E-state index in [0.717, 1.165) is 68.3 Å². The standard InChI is InChI=1S/C28H33N5O3/c1-36-26-11-9-24(10-12-26)30-14-16-31(17-15-30)28(35)23-8-5-13-32(21-23)25-18-27(34)33(29-19-25)20-22-6-3-2-4-7-22/h2-4,6-7,9-12,18-19,23H,5,8,13-17,20-21H2,1H3/t23-/m1/s1. The van der Waals surface area contributed by atoms with Crippen molar-refractivity contribution < 1.29 is 9.53 Å². The molecule has 0 saturated carbocycles. The Balaban J connectivity index is 1.18. The summed E-state index contributed by atoms with van der Waals surface area (Å²) in [4.78, 5) is 32.5. The minimum absolute atomic E-state index is 0.0574. The summed E-state index contributed by atoms with van der Waals surface area (Å²) >= 11 is 0. The molecule has 0 N–H and O–H groups in total. The lowest BCUT2D eigenvalue weighted by atomic mass is 9.96. The molecule has 0 bridgehead atoms. The van der Waals surface area contributed by atoms with Crippen molar-refractivity contribution in [1.29, 1.82) is 0 Å². The van der Waals surface area contributed by atoms with E-state index in [1.807, 2.05) is 47.4 Å². The van der Waals surface area contributed by atoms with E-state index in [2.05, 4.69) is 27.0 Å². The molecule has 1 aromatic heterocycles. The first kappa shape index (κ1) is 23.9. The van der Waals surface area contributed by atoms with Gasteiger partial charge in [0.15, 0.2) is 0 Å². The minimum atomic E-state index is -0.126. The van der Waals surface area contributed by atoms with Crippen LogP contribution in [0.5, 0.6) is 5.75 Å². The third kappa shape index (κ3) is 5.37. The number of anilines is 2. The molecular weight excluding hydrogens is 454 g/mol. The first-order valence-corrected chi connectivity index (χ1v) is 12.6. The molecule has 2 aromatic carbocycles. The number of piperidine rings is 1. The van der Waals surface area contributed by atoms with Crippen molar-refractivity contribution in [1.82, 2.24) is 14.7 Å². The molecule has 3 aromatic rings. The quantitative estimate of drug-likeness (QED) is 0.533. The molecule has 2 aliphatic heterocycles. The summed E-state index contributed by atoms with van der Waals surface area (Å²) in [6, 6.07) is 19.6. The van der Waals surface area contributed by atoms with Crippen LogP contribution in [0.25, 0.3) is 0 Å². The van der Waals surface area contributed by atoms with Gasteiger partial charge in [-0.25, -0.2) is 4.68 Å². The van der Waals surface area contributed by atoms with Crippen molar-refractivity contribution >= 4 is 17.3 Å². The molecule has 0 spiro atoms. The summed E-state index contributed by atoms with van der Waals surface area (Å²) in [6.07, 6.45) is 3.56. The van der Waals surface area contributed by atoms with E-state index in [1.54, 1.807) is 19.4 Å². The Hall–Kier alpha value is -3.81. The van der Waals surface area contributed by atoms with Gasteiger partial charge < -0.3 is 19.4 Å². The number of ether oxygens (including phenoxy) is 1. The number of rotatable bonds is 6. The van der Waals surface area contributed by atoms with Crippen molar-refractivity contribution in [2.24, 2.45) is 5.92 Å². The van der Waals surface area contributed by atoms with E-state index in [1.165, 1.54) is 4.68 Å². The Morgan fingerprint density at radius 2 is 1.69 bits per heavy atom. The summed E-state index contributed by atoms with van der Waals surface area (Å²) in [5.74, 6) is 1.01. The van der Waals surface area contributed by atoms with Crippen LogP contribution in [-0.4, -0.2) is 67.0 Å². The molecule has 8 nitrogen and oxygen atoms in total. The van der Waals surface area contributed by atoms with Crippen LogP contribution < -0.4 is 20.1 Å². The fourth-order valence-electron chi connectivity index (χ4n) is 5.12. The fourth-order valence-corrected chi connectivity index (χ4v) is 5.12. The maximum Gasteiger partial charge on any atom is 0.269 e. The number of carbonyl (C=O) groups is 1. The molecule has 2 saturated heterocycles. The zero-order valence-electron chi connectivity index (χ0n) is 20.8. The lowest BCUT2D eigenvalue weighted by molar-refractivity contribution is -0.136. The monoisotopic (exact) mass is 487 g/mol. The summed E-state index contributed by atoms with van der Waals surface area (Å²) < 4.78 is 6.73. The lowest BCUT2D eigenvalue weighted by Gasteiger charge is -2.40. The second-order valence-electron chi connectivity index (χ2n) is 9.49. The molecule has 3 heterocycles. The Morgan fingerprint density at radius 1 is 0.944 bits per heavy atom. The summed E-state index contributed by atoms with van der Waals surface area (Å²) in [7, 11) is 1.67. The highest BCUT2D eigenvalue weighted by Crippen LogP contribution is 2.25. The zero-order valence-corrected chi connectivity index (χ0v) is 20.8. The van der Waals surface area contributed by atoms with Crippen molar-refractivity contribution in [2.75, 3.05) is 56.2 Å². The Morgan fingerprint density at radius 3 is 2.39 bits per heavy atom. The van der Waals surface area contributed by atoms with Gasteiger partial charge in [-0.3, -0.25) is 9.59 Å². The normalized spacial score (nSPS) is 18.2. The van der Waals surface area contributed by atoms with Crippen LogP contribution in [-0.2, 0) is 11.3 Å². The number of benzene rings is 2. The maximum absolute atomic E-state index is 13.4.